The molecule has 0 unspecified atom stereocenters. The van der Waals surface area contributed by atoms with Crippen LogP contribution >= 0.6 is 23.2 Å². The lowest BCUT2D eigenvalue weighted by atomic mass is 10.1. The number of hydrogen-bond donors (Lipinski definition) is 3. The van der Waals surface area contributed by atoms with Crippen molar-refractivity contribution in [3.8, 4) is 5.75 Å². The summed E-state index contributed by atoms with van der Waals surface area (Å²) < 4.78 is 69.7. The third-order valence-electron chi connectivity index (χ3n) is 3.67. The molecule has 3 N–H and O–H groups in total. The zero-order valence-corrected chi connectivity index (χ0v) is 18.4. The number of carboxylic acids is 1. The number of aliphatic carboxylic acids is 1. The fraction of sp³-hybridized carbons (Fsp3) is 0.222. The zero-order chi connectivity index (χ0) is 24.3. The van der Waals surface area contributed by atoms with Crippen LogP contribution in [0, 0.1) is 0 Å². The fourth-order valence-electron chi connectivity index (χ4n) is 2.45. The van der Waals surface area contributed by atoms with Crippen molar-refractivity contribution in [2.24, 2.45) is 0 Å². The first-order chi connectivity index (χ1) is 14.7. The van der Waals surface area contributed by atoms with Crippen LogP contribution in [0.2, 0.25) is 10.0 Å². The van der Waals surface area contributed by atoms with E-state index in [9.17, 15) is 31.2 Å². The van der Waals surface area contributed by atoms with Crippen LogP contribution in [0.5, 0.6) is 5.75 Å². The van der Waals surface area contributed by atoms with Crippen molar-refractivity contribution in [1.82, 2.24) is 5.32 Å². The highest BCUT2D eigenvalue weighted by atomic mass is 35.5. The Morgan fingerprint density at radius 3 is 2.19 bits per heavy atom. The van der Waals surface area contributed by atoms with Crippen LogP contribution in [0.4, 0.5) is 18.9 Å². The van der Waals surface area contributed by atoms with E-state index in [4.69, 9.17) is 33.0 Å². The SMILES string of the molecule is CS(=O)(=O)Nc1cc(COc2c(Cl)cc(C(=O)NCC(=O)O)cc2Cl)cc(C(F)(F)F)c1. The Morgan fingerprint density at radius 2 is 1.69 bits per heavy atom. The molecule has 0 bridgehead atoms. The van der Waals surface area contributed by atoms with Crippen LogP contribution in [0.15, 0.2) is 30.3 Å². The summed E-state index contributed by atoms with van der Waals surface area (Å²) in [5, 5.41) is 10.4. The molecule has 0 aliphatic carbocycles. The fourth-order valence-corrected chi connectivity index (χ4v) is 3.60. The molecular formula is C18H15Cl2F3N2O6S. The normalized spacial score (nSPS) is 11.7. The highest BCUT2D eigenvalue weighted by Gasteiger charge is 2.31. The number of carbonyl (C=O) groups is 2. The number of carbonyl (C=O) groups excluding carboxylic acids is 1. The molecule has 0 aliphatic heterocycles. The molecule has 2 rings (SSSR count). The van der Waals surface area contributed by atoms with E-state index in [1.54, 1.807) is 0 Å². The molecule has 0 heterocycles. The van der Waals surface area contributed by atoms with E-state index in [-0.39, 0.29) is 32.6 Å². The first-order valence-corrected chi connectivity index (χ1v) is 11.1. The van der Waals surface area contributed by atoms with Gasteiger partial charge < -0.3 is 15.2 Å². The second-order valence-electron chi connectivity index (χ2n) is 6.42. The number of halogens is 5. The van der Waals surface area contributed by atoms with Crippen LogP contribution in [0.1, 0.15) is 21.5 Å². The van der Waals surface area contributed by atoms with E-state index >= 15 is 0 Å². The molecule has 0 radical (unpaired) electrons. The van der Waals surface area contributed by atoms with Crippen molar-refractivity contribution >= 4 is 50.8 Å². The van der Waals surface area contributed by atoms with Gasteiger partial charge in [-0.3, -0.25) is 14.3 Å². The van der Waals surface area contributed by atoms with Gasteiger partial charge >= 0.3 is 12.1 Å². The summed E-state index contributed by atoms with van der Waals surface area (Å²) >= 11 is 12.1. The van der Waals surface area contributed by atoms with Crippen molar-refractivity contribution in [2.45, 2.75) is 12.8 Å². The van der Waals surface area contributed by atoms with E-state index in [1.807, 2.05) is 4.72 Å². The van der Waals surface area contributed by atoms with Crippen molar-refractivity contribution in [3.05, 3.63) is 57.1 Å². The third kappa shape index (κ3) is 7.46. The third-order valence-corrected chi connectivity index (χ3v) is 4.84. The average molecular weight is 515 g/mol. The van der Waals surface area contributed by atoms with Gasteiger partial charge in [0, 0.05) is 11.3 Å². The molecule has 0 saturated heterocycles. The monoisotopic (exact) mass is 514 g/mol. The minimum Gasteiger partial charge on any atom is -0.486 e. The molecule has 2 aromatic carbocycles. The lowest BCUT2D eigenvalue weighted by Gasteiger charge is -2.15. The molecule has 14 heteroatoms. The Labute approximate surface area is 190 Å². The van der Waals surface area contributed by atoms with Crippen molar-refractivity contribution in [1.29, 1.82) is 0 Å². The van der Waals surface area contributed by atoms with E-state index in [2.05, 4.69) is 5.32 Å². The summed E-state index contributed by atoms with van der Waals surface area (Å²) in [6, 6.07) is 4.83. The van der Waals surface area contributed by atoms with Gasteiger partial charge in [-0.05, 0) is 35.9 Å². The highest BCUT2D eigenvalue weighted by molar-refractivity contribution is 7.92. The number of hydrogen-bond acceptors (Lipinski definition) is 5. The zero-order valence-electron chi connectivity index (χ0n) is 16.1. The summed E-state index contributed by atoms with van der Waals surface area (Å²) in [7, 11) is -3.83. The number of rotatable bonds is 8. The summed E-state index contributed by atoms with van der Waals surface area (Å²) in [6.07, 6.45) is -3.96. The van der Waals surface area contributed by atoms with Crippen LogP contribution in [0.25, 0.3) is 0 Å². The molecule has 1 amide bonds. The summed E-state index contributed by atoms with van der Waals surface area (Å²) in [5.41, 5.74) is -1.52. The van der Waals surface area contributed by atoms with Gasteiger partial charge in [-0.15, -0.1) is 0 Å². The average Bonchev–Trinajstić information content (AvgIpc) is 2.63. The molecule has 0 spiro atoms. The molecular weight excluding hydrogens is 500 g/mol. The summed E-state index contributed by atoms with van der Waals surface area (Å²) in [6.45, 7) is -1.10. The predicted molar refractivity (Wildman–Crippen MR) is 111 cm³/mol. The van der Waals surface area contributed by atoms with Gasteiger partial charge in [0.25, 0.3) is 5.91 Å². The molecule has 0 fully saturated rings. The largest absolute Gasteiger partial charge is 0.486 e. The maximum absolute atomic E-state index is 13.2. The van der Waals surface area contributed by atoms with Crippen LogP contribution in [-0.2, 0) is 27.6 Å². The Morgan fingerprint density at radius 1 is 1.09 bits per heavy atom. The summed E-state index contributed by atoms with van der Waals surface area (Å²) in [5.74, 6) is -2.17. The smallest absolute Gasteiger partial charge is 0.416 e. The number of sulfonamides is 1. The molecule has 0 atom stereocenters. The first-order valence-electron chi connectivity index (χ1n) is 8.46. The van der Waals surface area contributed by atoms with E-state index in [0.29, 0.717) is 6.07 Å². The van der Waals surface area contributed by atoms with Crippen molar-refractivity contribution in [3.63, 3.8) is 0 Å². The second kappa shape index (κ2) is 9.84. The van der Waals surface area contributed by atoms with E-state index < -0.39 is 46.8 Å². The molecule has 2 aromatic rings. The van der Waals surface area contributed by atoms with Crippen molar-refractivity contribution < 1.29 is 41.0 Å². The topological polar surface area (TPSA) is 122 Å². The van der Waals surface area contributed by atoms with Gasteiger partial charge in [0.05, 0.1) is 21.9 Å². The molecule has 0 aromatic heterocycles. The number of alkyl halides is 3. The van der Waals surface area contributed by atoms with Crippen LogP contribution in [-0.4, -0.2) is 38.2 Å². The Hall–Kier alpha value is -2.70. The molecule has 0 saturated carbocycles. The number of nitrogens with one attached hydrogen (secondary N) is 2. The minimum absolute atomic E-state index is 0.0404. The molecule has 8 nitrogen and oxygen atoms in total. The van der Waals surface area contributed by atoms with Gasteiger partial charge in [0.2, 0.25) is 10.0 Å². The van der Waals surface area contributed by atoms with Gasteiger partial charge in [-0.2, -0.15) is 13.2 Å². The van der Waals surface area contributed by atoms with Gasteiger partial charge in [0.1, 0.15) is 13.2 Å². The van der Waals surface area contributed by atoms with Gasteiger partial charge in [-0.25, -0.2) is 8.42 Å². The number of anilines is 1. The first kappa shape index (κ1) is 25.6. The molecule has 174 valence electrons. The van der Waals surface area contributed by atoms with E-state index in [0.717, 1.165) is 30.5 Å². The molecule has 0 aliphatic rings. The Balaban J connectivity index is 2.28. The maximum atomic E-state index is 13.2. The van der Waals surface area contributed by atoms with Crippen LogP contribution in [0.3, 0.4) is 0 Å². The number of amides is 1. The summed E-state index contributed by atoms with van der Waals surface area (Å²) in [4.78, 5) is 22.5. The lowest BCUT2D eigenvalue weighted by molar-refractivity contribution is -0.138. The standard InChI is InChI=1S/C18H15Cl2F3N2O6S/c1-32(29,30)25-12-3-9(2-11(6-12)18(21,22)23)8-31-16-13(19)4-10(5-14(16)20)17(28)24-7-15(26)27/h2-6,25H,7-8H2,1H3,(H,24,28)(H,26,27). The van der Waals surface area contributed by atoms with Crippen molar-refractivity contribution in [2.75, 3.05) is 17.5 Å². The second-order valence-corrected chi connectivity index (χ2v) is 8.99. The minimum atomic E-state index is -4.75. The maximum Gasteiger partial charge on any atom is 0.416 e. The molecule has 32 heavy (non-hydrogen) atoms. The lowest BCUT2D eigenvalue weighted by Crippen LogP contribution is -2.29. The number of ether oxygens (including phenoxy) is 1. The van der Waals surface area contributed by atoms with Gasteiger partial charge in [-0.1, -0.05) is 23.2 Å². The quantitative estimate of drug-likeness (QED) is 0.492. The van der Waals surface area contributed by atoms with Gasteiger partial charge in [0.15, 0.2) is 5.75 Å². The Bertz CT molecular complexity index is 1130. The number of carboxylic acid groups (broad SMARTS) is 1. The Kier molecular flexibility index (Phi) is 7.86. The number of benzene rings is 2. The van der Waals surface area contributed by atoms with Crippen LogP contribution < -0.4 is 14.8 Å². The predicted octanol–water partition coefficient (Wildman–Crippen LogP) is 3.78. The van der Waals surface area contributed by atoms with E-state index in [1.165, 1.54) is 0 Å². The highest BCUT2D eigenvalue weighted by Crippen LogP contribution is 2.36.